The van der Waals surface area contributed by atoms with E-state index < -0.39 is 5.60 Å². The second-order valence-electron chi connectivity index (χ2n) is 5.03. The molecule has 2 aromatic rings. The molecule has 2 aromatic carbocycles. The largest absolute Gasteiger partial charge is 0.381 e. The van der Waals surface area contributed by atoms with Gasteiger partial charge in [-0.1, -0.05) is 54.6 Å². The summed E-state index contributed by atoms with van der Waals surface area (Å²) in [6, 6.07) is 14.1. The molecule has 0 bridgehead atoms. The van der Waals surface area contributed by atoms with Crippen LogP contribution in [0.25, 0.3) is 12.2 Å². The fraction of sp³-hybridized carbons (Fsp3) is 0.176. The van der Waals surface area contributed by atoms with E-state index in [0.29, 0.717) is 0 Å². The molecular weight excluding hydrogens is 220 g/mol. The van der Waals surface area contributed by atoms with Gasteiger partial charge in [-0.15, -0.1) is 0 Å². The quantitative estimate of drug-likeness (QED) is 0.739. The highest BCUT2D eigenvalue weighted by atomic mass is 16.3. The average Bonchev–Trinajstić information content (AvgIpc) is 2.47. The number of aryl methyl sites for hydroxylation is 1. The minimum absolute atomic E-state index is 0.943. The van der Waals surface area contributed by atoms with Crippen LogP contribution in [-0.2, 0) is 5.60 Å². The van der Waals surface area contributed by atoms with Crippen molar-refractivity contribution in [1.29, 1.82) is 0 Å². The molecule has 1 unspecified atom stereocenters. The highest BCUT2D eigenvalue weighted by Crippen LogP contribution is 2.38. The highest BCUT2D eigenvalue weighted by Gasteiger charge is 2.31. The third kappa shape index (κ3) is 1.52. The van der Waals surface area contributed by atoms with Gasteiger partial charge in [0.1, 0.15) is 5.60 Å². The molecule has 3 rings (SSSR count). The second-order valence-corrected chi connectivity index (χ2v) is 5.03. The predicted octanol–water partition coefficient (Wildman–Crippen LogP) is 3.73. The number of hydrogen-bond acceptors (Lipinski definition) is 1. The standard InChI is InChI=1S/C17H16O/c1-12-6-5-9-16-14(12)11-10-13-7-3-4-8-15(13)17(16,2)18/h3-11,18H,1-2H3. The van der Waals surface area contributed by atoms with Gasteiger partial charge in [-0.05, 0) is 41.7 Å². The van der Waals surface area contributed by atoms with Crippen LogP contribution in [0.3, 0.4) is 0 Å². The highest BCUT2D eigenvalue weighted by molar-refractivity contribution is 5.78. The molecule has 1 aliphatic carbocycles. The first-order valence-corrected chi connectivity index (χ1v) is 6.21. The van der Waals surface area contributed by atoms with Gasteiger partial charge in [0.05, 0.1) is 0 Å². The van der Waals surface area contributed by atoms with Gasteiger partial charge in [-0.25, -0.2) is 0 Å². The molecule has 0 aromatic heterocycles. The van der Waals surface area contributed by atoms with Crippen molar-refractivity contribution in [1.82, 2.24) is 0 Å². The van der Waals surface area contributed by atoms with E-state index >= 15 is 0 Å². The lowest BCUT2D eigenvalue weighted by Crippen LogP contribution is -2.24. The summed E-state index contributed by atoms with van der Waals surface area (Å²) in [4.78, 5) is 0. The molecular formula is C17H16O. The Morgan fingerprint density at radius 1 is 0.889 bits per heavy atom. The predicted molar refractivity (Wildman–Crippen MR) is 75.2 cm³/mol. The average molecular weight is 236 g/mol. The molecule has 1 aliphatic rings. The van der Waals surface area contributed by atoms with Crippen molar-refractivity contribution in [3.63, 3.8) is 0 Å². The van der Waals surface area contributed by atoms with E-state index in [9.17, 15) is 5.11 Å². The second kappa shape index (κ2) is 3.82. The summed E-state index contributed by atoms with van der Waals surface area (Å²) >= 11 is 0. The van der Waals surface area contributed by atoms with Crippen molar-refractivity contribution >= 4 is 12.2 Å². The van der Waals surface area contributed by atoms with E-state index in [4.69, 9.17) is 0 Å². The SMILES string of the molecule is Cc1cccc2c1C=Cc1ccccc1C2(C)O. The van der Waals surface area contributed by atoms with E-state index in [0.717, 1.165) is 22.3 Å². The van der Waals surface area contributed by atoms with Gasteiger partial charge >= 0.3 is 0 Å². The fourth-order valence-electron chi connectivity index (χ4n) is 2.73. The van der Waals surface area contributed by atoms with Gasteiger partial charge in [0, 0.05) is 0 Å². The number of hydrogen-bond donors (Lipinski definition) is 1. The molecule has 18 heavy (non-hydrogen) atoms. The molecule has 1 heteroatoms. The number of fused-ring (bicyclic) bond motifs is 2. The Hall–Kier alpha value is -1.86. The summed E-state index contributed by atoms with van der Waals surface area (Å²) in [5.74, 6) is 0. The first-order chi connectivity index (χ1) is 8.60. The molecule has 1 N–H and O–H groups in total. The monoisotopic (exact) mass is 236 g/mol. The summed E-state index contributed by atoms with van der Waals surface area (Å²) < 4.78 is 0. The zero-order chi connectivity index (χ0) is 12.8. The Morgan fingerprint density at radius 3 is 2.44 bits per heavy atom. The van der Waals surface area contributed by atoms with Crippen molar-refractivity contribution < 1.29 is 5.11 Å². The van der Waals surface area contributed by atoms with Crippen LogP contribution >= 0.6 is 0 Å². The Labute approximate surface area is 107 Å². The molecule has 0 amide bonds. The third-order valence-electron chi connectivity index (χ3n) is 3.76. The van der Waals surface area contributed by atoms with Crippen LogP contribution in [0.5, 0.6) is 0 Å². The smallest absolute Gasteiger partial charge is 0.113 e. The molecule has 0 radical (unpaired) electrons. The van der Waals surface area contributed by atoms with Gasteiger partial charge < -0.3 is 5.11 Å². The van der Waals surface area contributed by atoms with Crippen molar-refractivity contribution in [2.75, 3.05) is 0 Å². The number of aliphatic hydroxyl groups is 1. The van der Waals surface area contributed by atoms with E-state index in [2.05, 4.69) is 25.1 Å². The zero-order valence-corrected chi connectivity index (χ0v) is 10.6. The normalized spacial score (nSPS) is 21.1. The lowest BCUT2D eigenvalue weighted by atomic mass is 9.84. The van der Waals surface area contributed by atoms with Crippen LogP contribution in [0.15, 0.2) is 42.5 Å². The summed E-state index contributed by atoms with van der Waals surface area (Å²) in [7, 11) is 0. The van der Waals surface area contributed by atoms with E-state index in [1.807, 2.05) is 43.3 Å². The Bertz CT molecular complexity index is 636. The Kier molecular flexibility index (Phi) is 2.39. The van der Waals surface area contributed by atoms with E-state index in [1.165, 1.54) is 5.56 Å². The molecule has 0 saturated heterocycles. The van der Waals surface area contributed by atoms with Crippen LogP contribution in [0.2, 0.25) is 0 Å². The lowest BCUT2D eigenvalue weighted by molar-refractivity contribution is 0.102. The Balaban J connectivity index is 2.37. The van der Waals surface area contributed by atoms with Gasteiger partial charge in [-0.2, -0.15) is 0 Å². The van der Waals surface area contributed by atoms with Gasteiger partial charge in [0.15, 0.2) is 0 Å². The Morgan fingerprint density at radius 2 is 1.61 bits per heavy atom. The van der Waals surface area contributed by atoms with Gasteiger partial charge in [0.2, 0.25) is 0 Å². The molecule has 0 fully saturated rings. The molecule has 90 valence electrons. The molecule has 0 spiro atoms. The minimum atomic E-state index is -0.943. The molecule has 0 heterocycles. The zero-order valence-electron chi connectivity index (χ0n) is 10.6. The van der Waals surface area contributed by atoms with Crippen LogP contribution in [0.4, 0.5) is 0 Å². The van der Waals surface area contributed by atoms with Gasteiger partial charge in [-0.3, -0.25) is 0 Å². The van der Waals surface area contributed by atoms with Crippen LogP contribution < -0.4 is 0 Å². The van der Waals surface area contributed by atoms with Crippen molar-refractivity contribution in [3.05, 3.63) is 70.3 Å². The third-order valence-corrected chi connectivity index (χ3v) is 3.76. The molecule has 1 atom stereocenters. The number of rotatable bonds is 0. The van der Waals surface area contributed by atoms with Crippen molar-refractivity contribution in [3.8, 4) is 0 Å². The summed E-state index contributed by atoms with van der Waals surface area (Å²) in [5, 5.41) is 10.9. The maximum absolute atomic E-state index is 10.9. The molecule has 1 nitrogen and oxygen atoms in total. The minimum Gasteiger partial charge on any atom is -0.381 e. The summed E-state index contributed by atoms with van der Waals surface area (Å²) in [5.41, 5.74) is 4.39. The van der Waals surface area contributed by atoms with E-state index in [1.54, 1.807) is 0 Å². The number of benzene rings is 2. The van der Waals surface area contributed by atoms with Crippen molar-refractivity contribution in [2.24, 2.45) is 0 Å². The summed E-state index contributed by atoms with van der Waals surface area (Å²) in [6.07, 6.45) is 4.19. The maximum atomic E-state index is 10.9. The summed E-state index contributed by atoms with van der Waals surface area (Å²) in [6.45, 7) is 3.95. The molecule has 0 saturated carbocycles. The first-order valence-electron chi connectivity index (χ1n) is 6.21. The van der Waals surface area contributed by atoms with Crippen molar-refractivity contribution in [2.45, 2.75) is 19.4 Å². The van der Waals surface area contributed by atoms with Crippen LogP contribution in [0.1, 0.15) is 34.7 Å². The van der Waals surface area contributed by atoms with E-state index in [-0.39, 0.29) is 0 Å². The van der Waals surface area contributed by atoms with Crippen LogP contribution in [-0.4, -0.2) is 5.11 Å². The lowest BCUT2D eigenvalue weighted by Gasteiger charge is -2.27. The fourth-order valence-corrected chi connectivity index (χ4v) is 2.73. The molecule has 0 aliphatic heterocycles. The van der Waals surface area contributed by atoms with Gasteiger partial charge in [0.25, 0.3) is 0 Å². The maximum Gasteiger partial charge on any atom is 0.113 e. The topological polar surface area (TPSA) is 20.2 Å². The first kappa shape index (κ1) is 11.2. The van der Waals surface area contributed by atoms with Crippen LogP contribution in [0, 0.1) is 6.92 Å².